The van der Waals surface area contributed by atoms with Crippen LogP contribution in [0.3, 0.4) is 0 Å². The number of ketones is 2. The van der Waals surface area contributed by atoms with Crippen molar-refractivity contribution in [2.75, 3.05) is 7.11 Å². The van der Waals surface area contributed by atoms with E-state index in [2.05, 4.69) is 0 Å². The molecule has 0 bridgehead atoms. The summed E-state index contributed by atoms with van der Waals surface area (Å²) >= 11 is 0. The summed E-state index contributed by atoms with van der Waals surface area (Å²) < 4.78 is 4.78. The van der Waals surface area contributed by atoms with Gasteiger partial charge in [-0.1, -0.05) is 11.6 Å². The lowest BCUT2D eigenvalue weighted by molar-refractivity contribution is -0.119. The molecule has 4 nitrogen and oxygen atoms in total. The van der Waals surface area contributed by atoms with Crippen LogP contribution >= 0.6 is 0 Å². The summed E-state index contributed by atoms with van der Waals surface area (Å²) in [6, 6.07) is 0. The van der Waals surface area contributed by atoms with Gasteiger partial charge in [-0.2, -0.15) is 0 Å². The van der Waals surface area contributed by atoms with Crippen LogP contribution in [0.15, 0.2) is 34.8 Å². The SMILES string of the molecule is COC1=CC(=O)C(O)=C(CC=C(C)C)C1=O. The summed E-state index contributed by atoms with van der Waals surface area (Å²) in [7, 11) is 1.32. The van der Waals surface area contributed by atoms with Crippen molar-refractivity contribution in [1.82, 2.24) is 0 Å². The zero-order valence-corrected chi connectivity index (χ0v) is 9.53. The number of rotatable bonds is 3. The smallest absolute Gasteiger partial charge is 0.227 e. The summed E-state index contributed by atoms with van der Waals surface area (Å²) in [5.74, 6) is -1.53. The minimum absolute atomic E-state index is 0.0278. The van der Waals surface area contributed by atoms with E-state index in [9.17, 15) is 14.7 Å². The third kappa shape index (κ3) is 2.39. The number of hydrogen-bond donors (Lipinski definition) is 1. The predicted octanol–water partition coefficient (Wildman–Crippen LogP) is 1.84. The van der Waals surface area contributed by atoms with E-state index >= 15 is 0 Å². The fourth-order valence-electron chi connectivity index (χ4n) is 1.31. The lowest BCUT2D eigenvalue weighted by Gasteiger charge is -2.13. The molecule has 0 saturated carbocycles. The van der Waals surface area contributed by atoms with Crippen LogP contribution in [-0.4, -0.2) is 23.8 Å². The first kappa shape index (κ1) is 12.2. The van der Waals surface area contributed by atoms with Crippen LogP contribution < -0.4 is 0 Å². The molecule has 0 aliphatic heterocycles. The number of hydrogen-bond acceptors (Lipinski definition) is 4. The van der Waals surface area contributed by atoms with Crippen LogP contribution in [0.5, 0.6) is 0 Å². The molecule has 0 radical (unpaired) electrons. The molecule has 1 aliphatic rings. The number of carbonyl (C=O) groups excluding carboxylic acids is 2. The van der Waals surface area contributed by atoms with E-state index in [1.165, 1.54) is 7.11 Å². The van der Waals surface area contributed by atoms with Gasteiger partial charge in [0.05, 0.1) is 12.7 Å². The van der Waals surface area contributed by atoms with E-state index in [-0.39, 0.29) is 17.8 Å². The highest BCUT2D eigenvalue weighted by Gasteiger charge is 2.28. The molecular weight excluding hydrogens is 208 g/mol. The maximum absolute atomic E-state index is 11.7. The molecule has 86 valence electrons. The quantitative estimate of drug-likeness (QED) is 0.584. The summed E-state index contributed by atoms with van der Waals surface area (Å²) in [6.07, 6.45) is 3.01. The Morgan fingerprint density at radius 1 is 1.44 bits per heavy atom. The van der Waals surface area contributed by atoms with Gasteiger partial charge in [-0.15, -0.1) is 0 Å². The minimum atomic E-state index is -0.589. The molecule has 0 aromatic heterocycles. The van der Waals surface area contributed by atoms with Crippen molar-refractivity contribution in [3.8, 4) is 0 Å². The first-order chi connectivity index (χ1) is 7.47. The molecule has 1 N–H and O–H groups in total. The van der Waals surface area contributed by atoms with E-state index in [1.54, 1.807) is 6.08 Å². The van der Waals surface area contributed by atoms with Crippen molar-refractivity contribution in [1.29, 1.82) is 0 Å². The van der Waals surface area contributed by atoms with Gasteiger partial charge in [-0.05, 0) is 20.3 Å². The van der Waals surface area contributed by atoms with Crippen LogP contribution in [0.4, 0.5) is 0 Å². The second-order valence-corrected chi connectivity index (χ2v) is 3.72. The van der Waals surface area contributed by atoms with Crippen molar-refractivity contribution in [3.05, 3.63) is 34.8 Å². The van der Waals surface area contributed by atoms with Crippen LogP contribution in [0, 0.1) is 0 Å². The van der Waals surface area contributed by atoms with Gasteiger partial charge in [-0.3, -0.25) is 9.59 Å². The third-order valence-electron chi connectivity index (χ3n) is 2.21. The summed E-state index contributed by atoms with van der Waals surface area (Å²) in [5.41, 5.74) is 1.10. The van der Waals surface area contributed by atoms with E-state index in [0.717, 1.165) is 11.6 Å². The van der Waals surface area contributed by atoms with Gasteiger partial charge in [0.25, 0.3) is 0 Å². The Balaban J connectivity index is 3.05. The second-order valence-electron chi connectivity index (χ2n) is 3.72. The molecule has 0 saturated heterocycles. The van der Waals surface area contributed by atoms with Crippen molar-refractivity contribution in [2.24, 2.45) is 0 Å². The Morgan fingerprint density at radius 3 is 2.56 bits per heavy atom. The molecule has 0 amide bonds. The predicted molar refractivity (Wildman–Crippen MR) is 58.8 cm³/mol. The van der Waals surface area contributed by atoms with Gasteiger partial charge < -0.3 is 9.84 Å². The number of carbonyl (C=O) groups is 2. The molecule has 0 unspecified atom stereocenters. The highest BCUT2D eigenvalue weighted by atomic mass is 16.5. The monoisotopic (exact) mass is 222 g/mol. The molecule has 0 aromatic rings. The molecular formula is C12H14O4. The lowest BCUT2D eigenvalue weighted by atomic mass is 9.96. The van der Waals surface area contributed by atoms with E-state index in [1.807, 2.05) is 13.8 Å². The number of allylic oxidation sites excluding steroid dienone is 4. The van der Waals surface area contributed by atoms with Gasteiger partial charge in [-0.25, -0.2) is 0 Å². The van der Waals surface area contributed by atoms with Crippen molar-refractivity contribution in [2.45, 2.75) is 20.3 Å². The Labute approximate surface area is 93.9 Å². The van der Waals surface area contributed by atoms with Crippen molar-refractivity contribution >= 4 is 11.6 Å². The minimum Gasteiger partial charge on any atom is -0.504 e. The van der Waals surface area contributed by atoms with Gasteiger partial charge in [0.1, 0.15) is 0 Å². The van der Waals surface area contributed by atoms with Crippen molar-refractivity contribution in [3.63, 3.8) is 0 Å². The summed E-state index contributed by atoms with van der Waals surface area (Å²) in [4.78, 5) is 23.1. The second kappa shape index (κ2) is 4.79. The average Bonchev–Trinajstić information content (AvgIpc) is 2.23. The molecule has 0 fully saturated rings. The Bertz CT molecular complexity index is 420. The molecule has 0 aromatic carbocycles. The van der Waals surface area contributed by atoms with Crippen LogP contribution in [0.2, 0.25) is 0 Å². The first-order valence-electron chi connectivity index (χ1n) is 4.87. The number of ether oxygens (including phenoxy) is 1. The lowest BCUT2D eigenvalue weighted by Crippen LogP contribution is -2.20. The van der Waals surface area contributed by atoms with Crippen molar-refractivity contribution < 1.29 is 19.4 Å². The molecule has 4 heteroatoms. The van der Waals surface area contributed by atoms with E-state index in [4.69, 9.17) is 4.74 Å². The molecule has 1 aliphatic carbocycles. The Morgan fingerprint density at radius 2 is 2.06 bits per heavy atom. The number of Topliss-reactive ketones (excluding diaryl/α,β-unsaturated/α-hetero) is 1. The van der Waals surface area contributed by atoms with Gasteiger partial charge in [0, 0.05) is 6.08 Å². The standard InChI is InChI=1S/C12H14O4/c1-7(2)4-5-8-11(14)9(13)6-10(16-3)12(8)15/h4,6,14H,5H2,1-3H3. The molecule has 16 heavy (non-hydrogen) atoms. The van der Waals surface area contributed by atoms with Gasteiger partial charge in [0.15, 0.2) is 11.5 Å². The zero-order chi connectivity index (χ0) is 12.3. The first-order valence-corrected chi connectivity index (χ1v) is 4.87. The summed E-state index contributed by atoms with van der Waals surface area (Å²) in [5, 5.41) is 9.51. The van der Waals surface area contributed by atoms with E-state index < -0.39 is 17.3 Å². The average molecular weight is 222 g/mol. The maximum atomic E-state index is 11.7. The normalized spacial score (nSPS) is 16.1. The van der Waals surface area contributed by atoms with Gasteiger partial charge in [0.2, 0.25) is 11.6 Å². The molecule has 1 rings (SSSR count). The molecule has 0 spiro atoms. The highest BCUT2D eigenvalue weighted by Crippen LogP contribution is 2.21. The number of aliphatic hydroxyl groups excluding tert-OH is 1. The highest BCUT2D eigenvalue weighted by molar-refractivity contribution is 6.20. The Kier molecular flexibility index (Phi) is 3.66. The fraction of sp³-hybridized carbons (Fsp3) is 0.333. The summed E-state index contributed by atoms with van der Waals surface area (Å²) in [6.45, 7) is 3.75. The maximum Gasteiger partial charge on any atom is 0.227 e. The van der Waals surface area contributed by atoms with Crippen LogP contribution in [0.25, 0.3) is 0 Å². The van der Waals surface area contributed by atoms with E-state index in [0.29, 0.717) is 0 Å². The molecule has 0 heterocycles. The number of aliphatic hydroxyl groups is 1. The van der Waals surface area contributed by atoms with Crippen LogP contribution in [-0.2, 0) is 14.3 Å². The van der Waals surface area contributed by atoms with Gasteiger partial charge >= 0.3 is 0 Å². The van der Waals surface area contributed by atoms with Crippen LogP contribution in [0.1, 0.15) is 20.3 Å². The third-order valence-corrected chi connectivity index (χ3v) is 2.21. The largest absolute Gasteiger partial charge is 0.504 e. The zero-order valence-electron chi connectivity index (χ0n) is 9.53. The Hall–Kier alpha value is -1.84. The fourth-order valence-corrected chi connectivity index (χ4v) is 1.31. The number of methoxy groups -OCH3 is 1. The molecule has 0 atom stereocenters. The topological polar surface area (TPSA) is 63.6 Å².